The fourth-order valence-electron chi connectivity index (χ4n) is 10.9. The summed E-state index contributed by atoms with van der Waals surface area (Å²) in [7, 11) is 0. The van der Waals surface area contributed by atoms with Crippen LogP contribution in [0.2, 0.25) is 0 Å². The number of nitrogen functional groups attached to an aromatic ring is 2. The smallest absolute Gasteiger partial charge is 0.243 e. The van der Waals surface area contributed by atoms with Crippen molar-refractivity contribution in [3.63, 3.8) is 0 Å². The van der Waals surface area contributed by atoms with Crippen LogP contribution in [0.1, 0.15) is 120 Å². The molecule has 2 fully saturated rings. The van der Waals surface area contributed by atoms with Gasteiger partial charge >= 0.3 is 0 Å². The highest BCUT2D eigenvalue weighted by Gasteiger charge is 2.48. The third kappa shape index (κ3) is 12.4. The predicted molar refractivity (Wildman–Crippen MR) is 286 cm³/mol. The number of amides is 2. The predicted octanol–water partition coefficient (Wildman–Crippen LogP) is 6.95. The van der Waals surface area contributed by atoms with Crippen molar-refractivity contribution < 1.29 is 24.2 Å². The number of benzene rings is 1. The highest BCUT2D eigenvalue weighted by atomic mass is 32.1. The van der Waals surface area contributed by atoms with Gasteiger partial charge in [-0.05, 0) is 115 Å². The molecule has 3 aromatic heterocycles. The molecule has 5 heterocycles. The quantitative estimate of drug-likeness (QED) is 0.0142. The Morgan fingerprint density at radius 2 is 1.85 bits per heavy atom. The molecule has 2 saturated heterocycles. The number of nitrogens with one attached hydrogen (secondary N) is 2. The molecule has 0 bridgehead atoms. The van der Waals surface area contributed by atoms with E-state index in [-0.39, 0.29) is 35.6 Å². The van der Waals surface area contributed by atoms with Gasteiger partial charge in [0, 0.05) is 67.3 Å². The average Bonchev–Trinajstić information content (AvgIpc) is 4.06. The fourth-order valence-corrected chi connectivity index (χ4v) is 12.9. The Morgan fingerprint density at radius 1 is 1.07 bits per heavy atom. The Morgan fingerprint density at radius 3 is 2.56 bits per heavy atom. The van der Waals surface area contributed by atoms with Gasteiger partial charge in [-0.2, -0.15) is 0 Å². The number of allylic oxidation sites excluding steroid dienone is 1. The van der Waals surface area contributed by atoms with Crippen molar-refractivity contribution in [2.75, 3.05) is 55.7 Å². The molecule has 2 unspecified atom stereocenters. The SMILES string of the molecule is CCC(CC(=N)c1ccnc(N2CCCN(CCCCO/C(N)=C/C(=O)[C@H](C(=O)N3CCC[C@H]3C(=O)NCc3ccc(-c4scnc4C)cc3)C(C)C)C[C@@H]2C)n1)C([OH2+])[C@@]1(C)CCCc2sc(N)c(N)c21. The van der Waals surface area contributed by atoms with Crippen LogP contribution in [-0.4, -0.2) is 111 Å². The van der Waals surface area contributed by atoms with Crippen LogP contribution < -0.4 is 27.4 Å². The molecule has 0 saturated carbocycles. The monoisotopic (exact) mass is 1010 g/mol. The Balaban J connectivity index is 0.849. The molecule has 3 aliphatic rings. The second-order valence-corrected chi connectivity index (χ2v) is 22.3. The number of thiophene rings is 1. The van der Waals surface area contributed by atoms with Gasteiger partial charge in [0.05, 0.1) is 45.2 Å². The summed E-state index contributed by atoms with van der Waals surface area (Å²) < 4.78 is 5.80. The maximum absolute atomic E-state index is 14.0. The Hall–Kier alpha value is -5.43. The Labute approximate surface area is 427 Å². The van der Waals surface area contributed by atoms with Crippen LogP contribution in [0.25, 0.3) is 10.4 Å². The van der Waals surface area contributed by atoms with Crippen LogP contribution in [0.4, 0.5) is 16.6 Å². The molecule has 0 spiro atoms. The van der Waals surface area contributed by atoms with Crippen LogP contribution in [-0.2, 0) is 37.5 Å². The van der Waals surface area contributed by atoms with E-state index in [0.717, 1.165) is 98.4 Å². The minimum Gasteiger partial charge on any atom is -0.479 e. The van der Waals surface area contributed by atoms with Gasteiger partial charge in [0.2, 0.25) is 17.8 Å². The van der Waals surface area contributed by atoms with Gasteiger partial charge in [0.25, 0.3) is 0 Å². The van der Waals surface area contributed by atoms with Gasteiger partial charge < -0.3 is 52.5 Å². The van der Waals surface area contributed by atoms with E-state index in [9.17, 15) is 24.9 Å². The number of ketones is 1. The molecule has 10 N–H and O–H groups in total. The summed E-state index contributed by atoms with van der Waals surface area (Å²) >= 11 is 3.16. The summed E-state index contributed by atoms with van der Waals surface area (Å²) in [5, 5.41) is 22.4. The summed E-state index contributed by atoms with van der Waals surface area (Å²) in [6, 6.07) is 9.33. The van der Waals surface area contributed by atoms with Gasteiger partial charge in [0.15, 0.2) is 17.8 Å². The number of aryl methyl sites for hydroxylation is 2. The molecular weight excluding hydrogens is 935 g/mol. The standard InChI is InChI=1S/C53H75N11O5S2/c1-7-36(48(66)53(6)20-10-14-42-45(53)46(56)49(57)71-42)27-38(54)39-19-21-58-52(61-39)63-25-12-23-62(30-33(63)4)22-8-9-26-69-43(55)28-41(65)44(32(2)3)51(68)64-24-11-13-40(64)50(67)59-29-35-15-17-37(18-16-35)47-34(5)60-31-70-47/h15-19,21,28,31-33,36,40,44,48,54,66H,7-14,20,22-27,29-30,55-57H2,1-6H3,(H,59,67)/p+1/b43-28+,54-38?/t33-,36?,40-,44+,48?,53-/m0/s1. The van der Waals surface area contributed by atoms with Gasteiger partial charge in [-0.15, -0.1) is 22.7 Å². The first kappa shape index (κ1) is 53.4. The lowest BCUT2D eigenvalue weighted by atomic mass is 9.65. The number of likely N-dealkylation sites (tertiary alicyclic amines) is 1. The molecule has 16 nitrogen and oxygen atoms in total. The minimum absolute atomic E-state index is 0.0222. The third-order valence-corrected chi connectivity index (χ3v) is 17.0. The molecule has 4 aromatic rings. The number of hydrogen-bond donors (Lipinski definition) is 5. The van der Waals surface area contributed by atoms with E-state index < -0.39 is 29.3 Å². The van der Waals surface area contributed by atoms with Crippen molar-refractivity contribution in [1.29, 1.82) is 5.41 Å². The molecule has 1 aliphatic carbocycles. The topological polar surface area (TPSA) is 246 Å². The third-order valence-electron chi connectivity index (χ3n) is 14.9. The molecule has 7 rings (SSSR count). The summed E-state index contributed by atoms with van der Waals surface area (Å²) in [4.78, 5) is 63.5. The van der Waals surface area contributed by atoms with Crippen molar-refractivity contribution in [2.24, 2.45) is 23.5 Å². The Kier molecular flexibility index (Phi) is 17.9. The molecule has 1 aromatic carbocycles. The number of fused-ring (bicyclic) bond motifs is 1. The van der Waals surface area contributed by atoms with E-state index in [1.54, 1.807) is 33.8 Å². The van der Waals surface area contributed by atoms with Gasteiger partial charge in [-0.1, -0.05) is 45.0 Å². The molecule has 2 amide bonds. The molecule has 6 atom stereocenters. The second-order valence-electron chi connectivity index (χ2n) is 20.3. The number of hydrogen-bond acceptors (Lipinski definition) is 15. The number of nitrogens with zero attached hydrogens (tertiary/aromatic N) is 6. The van der Waals surface area contributed by atoms with Crippen molar-refractivity contribution in [3.05, 3.63) is 81.4 Å². The summed E-state index contributed by atoms with van der Waals surface area (Å²) in [6.07, 6.45) is 10.3. The molecular formula is C53H76N11O5S2+. The van der Waals surface area contributed by atoms with Crippen molar-refractivity contribution in [2.45, 2.75) is 136 Å². The van der Waals surface area contributed by atoms with Gasteiger partial charge in [-0.3, -0.25) is 14.4 Å². The molecule has 18 heteroatoms. The van der Waals surface area contributed by atoms with E-state index in [4.69, 9.17) is 26.9 Å². The summed E-state index contributed by atoms with van der Waals surface area (Å²) in [5.74, 6) is -1.76. The highest BCUT2D eigenvalue weighted by molar-refractivity contribution is 7.16. The minimum atomic E-state index is -0.986. The van der Waals surface area contributed by atoms with Gasteiger partial charge in [0.1, 0.15) is 17.0 Å². The van der Waals surface area contributed by atoms with Crippen molar-refractivity contribution in [3.8, 4) is 10.4 Å². The number of thiazole rings is 1. The first-order valence-corrected chi connectivity index (χ1v) is 27.2. The summed E-state index contributed by atoms with van der Waals surface area (Å²) in [6.45, 7) is 16.6. The van der Waals surface area contributed by atoms with E-state index in [0.29, 0.717) is 67.0 Å². The lowest BCUT2D eigenvalue weighted by Crippen LogP contribution is -2.49. The number of rotatable bonds is 21. The number of unbranched alkanes of at least 4 members (excludes halogenated alkanes) is 1. The molecule has 71 heavy (non-hydrogen) atoms. The summed E-state index contributed by atoms with van der Waals surface area (Å²) in [5.41, 5.74) is 26.1. The number of aromatic nitrogens is 3. The first-order chi connectivity index (χ1) is 34.0. The molecule has 0 radical (unpaired) electrons. The number of anilines is 3. The molecule has 2 aliphatic heterocycles. The lowest BCUT2D eigenvalue weighted by Gasteiger charge is -2.39. The maximum atomic E-state index is 14.0. The lowest BCUT2D eigenvalue weighted by molar-refractivity contribution is -0.146. The second kappa shape index (κ2) is 23.9. The van der Waals surface area contributed by atoms with E-state index >= 15 is 0 Å². The number of carbonyl (C=O) groups excluding carboxylic acids is 3. The van der Waals surface area contributed by atoms with E-state index in [1.165, 1.54) is 11.0 Å². The van der Waals surface area contributed by atoms with E-state index in [1.807, 2.05) is 56.6 Å². The van der Waals surface area contributed by atoms with Crippen LogP contribution in [0, 0.1) is 30.1 Å². The highest BCUT2D eigenvalue weighted by Crippen LogP contribution is 2.50. The van der Waals surface area contributed by atoms with Crippen LogP contribution in [0.3, 0.4) is 0 Å². The zero-order chi connectivity index (χ0) is 51.0. The number of carbonyl (C=O) groups is 3. The first-order valence-electron chi connectivity index (χ1n) is 25.5. The van der Waals surface area contributed by atoms with Crippen LogP contribution in [0.5, 0.6) is 0 Å². The van der Waals surface area contributed by atoms with Crippen LogP contribution >= 0.6 is 22.7 Å². The Bertz CT molecular complexity index is 2530. The number of nitrogens with two attached hydrogens (primary N) is 3. The zero-order valence-corrected chi connectivity index (χ0v) is 44.1. The van der Waals surface area contributed by atoms with Crippen molar-refractivity contribution >= 4 is 62.6 Å². The van der Waals surface area contributed by atoms with Gasteiger partial charge in [-0.25, -0.2) is 15.0 Å². The number of ether oxygens (including phenoxy) is 1. The van der Waals surface area contributed by atoms with Crippen molar-refractivity contribution in [1.82, 2.24) is 30.1 Å². The van der Waals surface area contributed by atoms with E-state index in [2.05, 4.69) is 45.9 Å². The molecule has 384 valence electrons. The average molecular weight is 1010 g/mol. The largest absolute Gasteiger partial charge is 0.479 e. The fraction of sp³-hybridized carbons (Fsp3) is 0.566. The maximum Gasteiger partial charge on any atom is 0.243 e. The van der Waals surface area contributed by atoms with Crippen LogP contribution in [0.15, 0.2) is 54.0 Å². The zero-order valence-electron chi connectivity index (χ0n) is 42.5. The normalized spacial score (nSPS) is 21.1.